The third-order valence-corrected chi connectivity index (χ3v) is 3.34. The molecule has 0 radical (unpaired) electrons. The number of hydrogen-bond acceptors (Lipinski definition) is 2. The lowest BCUT2D eigenvalue weighted by atomic mass is 10.1. The summed E-state index contributed by atoms with van der Waals surface area (Å²) in [5.74, 6) is 0.00635. The number of fused-ring (bicyclic) bond motifs is 1. The summed E-state index contributed by atoms with van der Waals surface area (Å²) in [6.07, 6.45) is 0.800. The first-order chi connectivity index (χ1) is 9.72. The zero-order valence-electron chi connectivity index (χ0n) is 10.8. The molecule has 1 aliphatic rings. The lowest BCUT2D eigenvalue weighted by Gasteiger charge is -2.15. The van der Waals surface area contributed by atoms with Crippen LogP contribution in [0.2, 0.25) is 0 Å². The highest BCUT2D eigenvalue weighted by Crippen LogP contribution is 2.24. The predicted octanol–water partition coefficient (Wildman–Crippen LogP) is 3.16. The Balaban J connectivity index is 1.76. The molecule has 20 heavy (non-hydrogen) atoms. The van der Waals surface area contributed by atoms with E-state index in [1.165, 1.54) is 24.3 Å². The fourth-order valence-corrected chi connectivity index (χ4v) is 2.28. The first-order valence-corrected chi connectivity index (χ1v) is 6.53. The monoisotopic (exact) mass is 271 g/mol. The van der Waals surface area contributed by atoms with Crippen molar-refractivity contribution in [1.82, 2.24) is 0 Å². The third kappa shape index (κ3) is 2.64. The molecule has 0 fully saturated rings. The smallest absolute Gasteiger partial charge is 0.265 e. The van der Waals surface area contributed by atoms with Gasteiger partial charge in [-0.15, -0.1) is 0 Å². The molecule has 2 aromatic rings. The van der Waals surface area contributed by atoms with Gasteiger partial charge in [-0.3, -0.25) is 4.79 Å². The van der Waals surface area contributed by atoms with Crippen molar-refractivity contribution in [3.63, 3.8) is 0 Å². The average molecular weight is 271 g/mol. The van der Waals surface area contributed by atoms with E-state index in [-0.39, 0.29) is 11.7 Å². The second-order valence-electron chi connectivity index (χ2n) is 4.75. The van der Waals surface area contributed by atoms with Crippen LogP contribution in [0.15, 0.2) is 48.5 Å². The van der Waals surface area contributed by atoms with E-state index >= 15 is 0 Å². The Labute approximate surface area is 116 Å². The van der Waals surface area contributed by atoms with Crippen LogP contribution in [-0.2, 0) is 11.2 Å². The van der Waals surface area contributed by atoms with Gasteiger partial charge in [-0.05, 0) is 48.7 Å². The quantitative estimate of drug-likeness (QED) is 0.911. The van der Waals surface area contributed by atoms with Crippen LogP contribution in [0.3, 0.4) is 0 Å². The molecule has 4 heteroatoms. The molecule has 0 bridgehead atoms. The van der Waals surface area contributed by atoms with Crippen LogP contribution in [0.1, 0.15) is 12.0 Å². The molecule has 1 aliphatic heterocycles. The molecular formula is C16H14FNO2. The number of carbonyl (C=O) groups is 1. The van der Waals surface area contributed by atoms with Crippen LogP contribution in [0.4, 0.5) is 10.1 Å². The van der Waals surface area contributed by atoms with E-state index in [9.17, 15) is 9.18 Å². The number of aryl methyl sites for hydroxylation is 1. The summed E-state index contributed by atoms with van der Waals surface area (Å²) in [5.41, 5.74) is 1.94. The van der Waals surface area contributed by atoms with Gasteiger partial charge in [0.15, 0.2) is 6.10 Å². The fraction of sp³-hybridized carbons (Fsp3) is 0.188. The van der Waals surface area contributed by atoms with Gasteiger partial charge in [0.25, 0.3) is 5.91 Å². The van der Waals surface area contributed by atoms with Gasteiger partial charge in [0.2, 0.25) is 0 Å². The Morgan fingerprint density at radius 3 is 2.65 bits per heavy atom. The Kier molecular flexibility index (Phi) is 3.37. The standard InChI is InChI=1S/C16H14FNO2/c17-12-6-8-13(9-7-12)20-15-10-5-11-3-1-2-4-14(11)18-16(15)19/h1-4,6-9,15H,5,10H2,(H,18,19). The predicted molar refractivity (Wildman–Crippen MR) is 74.2 cm³/mol. The van der Waals surface area contributed by atoms with Crippen LogP contribution < -0.4 is 10.1 Å². The Hall–Kier alpha value is -2.36. The Bertz CT molecular complexity index is 625. The van der Waals surface area contributed by atoms with E-state index in [4.69, 9.17) is 4.74 Å². The molecule has 0 spiro atoms. The highest BCUT2D eigenvalue weighted by molar-refractivity contribution is 5.95. The van der Waals surface area contributed by atoms with Gasteiger partial charge in [0.1, 0.15) is 11.6 Å². The number of ether oxygens (including phenoxy) is 1. The Morgan fingerprint density at radius 1 is 1.10 bits per heavy atom. The topological polar surface area (TPSA) is 38.3 Å². The van der Waals surface area contributed by atoms with Gasteiger partial charge in [0, 0.05) is 5.69 Å². The summed E-state index contributed by atoms with van der Waals surface area (Å²) in [6.45, 7) is 0. The maximum atomic E-state index is 12.9. The number of nitrogens with one attached hydrogen (secondary N) is 1. The fourth-order valence-electron chi connectivity index (χ4n) is 2.28. The maximum Gasteiger partial charge on any atom is 0.265 e. The largest absolute Gasteiger partial charge is 0.481 e. The van der Waals surface area contributed by atoms with E-state index in [0.29, 0.717) is 12.2 Å². The number of hydrogen-bond donors (Lipinski definition) is 1. The van der Waals surface area contributed by atoms with E-state index < -0.39 is 6.10 Å². The summed E-state index contributed by atoms with van der Waals surface area (Å²) >= 11 is 0. The van der Waals surface area contributed by atoms with E-state index in [0.717, 1.165) is 17.7 Å². The van der Waals surface area contributed by atoms with Crippen LogP contribution in [0.5, 0.6) is 5.75 Å². The van der Waals surface area contributed by atoms with Gasteiger partial charge < -0.3 is 10.1 Å². The summed E-state index contributed by atoms with van der Waals surface area (Å²) in [5, 5.41) is 2.87. The van der Waals surface area contributed by atoms with E-state index in [2.05, 4.69) is 5.32 Å². The molecule has 1 N–H and O–H groups in total. The van der Waals surface area contributed by atoms with Crippen molar-refractivity contribution < 1.29 is 13.9 Å². The average Bonchev–Trinajstić information content (AvgIpc) is 2.61. The molecule has 3 nitrogen and oxygen atoms in total. The van der Waals surface area contributed by atoms with Crippen LogP contribution >= 0.6 is 0 Å². The SMILES string of the molecule is O=C1Nc2ccccc2CCC1Oc1ccc(F)cc1. The highest BCUT2D eigenvalue weighted by atomic mass is 19.1. The van der Waals surface area contributed by atoms with Crippen LogP contribution in [-0.4, -0.2) is 12.0 Å². The van der Waals surface area contributed by atoms with Crippen molar-refractivity contribution in [1.29, 1.82) is 0 Å². The molecule has 0 saturated heterocycles. The number of para-hydroxylation sites is 1. The first-order valence-electron chi connectivity index (χ1n) is 6.53. The Morgan fingerprint density at radius 2 is 1.85 bits per heavy atom. The lowest BCUT2D eigenvalue weighted by Crippen LogP contribution is -2.31. The molecule has 1 amide bonds. The van der Waals surface area contributed by atoms with Crippen molar-refractivity contribution >= 4 is 11.6 Å². The molecule has 2 aromatic carbocycles. The zero-order chi connectivity index (χ0) is 13.9. The summed E-state index contributed by atoms with van der Waals surface area (Å²) < 4.78 is 18.5. The molecule has 1 heterocycles. The molecular weight excluding hydrogens is 257 g/mol. The zero-order valence-corrected chi connectivity index (χ0v) is 10.8. The number of rotatable bonds is 2. The molecule has 1 atom stereocenters. The number of halogens is 1. The van der Waals surface area contributed by atoms with Crippen LogP contribution in [0.25, 0.3) is 0 Å². The number of carbonyl (C=O) groups excluding carboxylic acids is 1. The van der Waals surface area contributed by atoms with E-state index in [1.54, 1.807) is 0 Å². The van der Waals surface area contributed by atoms with Crippen molar-refractivity contribution in [3.8, 4) is 5.75 Å². The van der Waals surface area contributed by atoms with Crippen molar-refractivity contribution in [2.75, 3.05) is 5.32 Å². The minimum atomic E-state index is -0.562. The number of anilines is 1. The van der Waals surface area contributed by atoms with E-state index in [1.807, 2.05) is 24.3 Å². The molecule has 0 aliphatic carbocycles. The number of benzene rings is 2. The second kappa shape index (κ2) is 5.33. The third-order valence-electron chi connectivity index (χ3n) is 3.34. The molecule has 0 saturated carbocycles. The first kappa shape index (κ1) is 12.7. The molecule has 3 rings (SSSR count). The van der Waals surface area contributed by atoms with Gasteiger partial charge in [-0.1, -0.05) is 18.2 Å². The minimum absolute atomic E-state index is 0.167. The van der Waals surface area contributed by atoms with Crippen molar-refractivity contribution in [2.24, 2.45) is 0 Å². The lowest BCUT2D eigenvalue weighted by molar-refractivity contribution is -0.122. The second-order valence-corrected chi connectivity index (χ2v) is 4.75. The van der Waals surface area contributed by atoms with Crippen molar-refractivity contribution in [2.45, 2.75) is 18.9 Å². The normalized spacial score (nSPS) is 17.9. The summed E-state index contributed by atoms with van der Waals surface area (Å²) in [7, 11) is 0. The highest BCUT2D eigenvalue weighted by Gasteiger charge is 2.24. The van der Waals surface area contributed by atoms with Gasteiger partial charge >= 0.3 is 0 Å². The molecule has 1 unspecified atom stereocenters. The van der Waals surface area contributed by atoms with Gasteiger partial charge in [-0.2, -0.15) is 0 Å². The van der Waals surface area contributed by atoms with Gasteiger partial charge in [-0.25, -0.2) is 4.39 Å². The molecule has 102 valence electrons. The summed E-state index contributed by atoms with van der Waals surface area (Å²) in [4.78, 5) is 12.1. The molecule has 0 aromatic heterocycles. The summed E-state index contributed by atoms with van der Waals surface area (Å²) in [6, 6.07) is 13.4. The number of amides is 1. The maximum absolute atomic E-state index is 12.9. The van der Waals surface area contributed by atoms with Crippen molar-refractivity contribution in [3.05, 3.63) is 59.9 Å². The van der Waals surface area contributed by atoms with Crippen LogP contribution in [0, 0.1) is 5.82 Å². The van der Waals surface area contributed by atoms with Gasteiger partial charge in [0.05, 0.1) is 0 Å². The minimum Gasteiger partial charge on any atom is -0.481 e.